The van der Waals surface area contributed by atoms with Crippen LogP contribution in [0.1, 0.15) is 25.8 Å². The number of amides is 1. The van der Waals surface area contributed by atoms with E-state index in [1.807, 2.05) is 20.8 Å². The van der Waals surface area contributed by atoms with Crippen molar-refractivity contribution in [3.05, 3.63) is 29.8 Å². The van der Waals surface area contributed by atoms with E-state index in [1.165, 1.54) is 12.1 Å². The predicted octanol–water partition coefficient (Wildman–Crippen LogP) is 1.68. The molecule has 0 aromatic heterocycles. The molecule has 18 heavy (non-hydrogen) atoms. The highest BCUT2D eigenvalue weighted by molar-refractivity contribution is 7.92. The summed E-state index contributed by atoms with van der Waals surface area (Å²) in [6.45, 7) is 5.65. The van der Waals surface area contributed by atoms with E-state index in [1.54, 1.807) is 12.1 Å². The minimum absolute atomic E-state index is 0.00859. The first kappa shape index (κ1) is 14.7. The predicted molar refractivity (Wildman–Crippen MR) is 71.1 cm³/mol. The van der Waals surface area contributed by atoms with Gasteiger partial charge in [0.05, 0.1) is 4.90 Å². The summed E-state index contributed by atoms with van der Waals surface area (Å²) in [5, 5.41) is 2.65. The summed E-state index contributed by atoms with van der Waals surface area (Å²) in [6.07, 6.45) is 0.774. The number of carbonyl (C=O) groups excluding carboxylic acids is 1. The van der Waals surface area contributed by atoms with Gasteiger partial charge >= 0.3 is 0 Å². The SMILES string of the molecule is CCC(C)NC(=O)CS(=O)(=O)c1ccc(C)cc1. The number of sulfone groups is 1. The van der Waals surface area contributed by atoms with Crippen LogP contribution < -0.4 is 5.32 Å². The fourth-order valence-corrected chi connectivity index (χ4v) is 2.57. The van der Waals surface area contributed by atoms with Gasteiger partial charge in [-0.05, 0) is 32.4 Å². The Balaban J connectivity index is 2.76. The molecule has 0 spiro atoms. The fraction of sp³-hybridized carbons (Fsp3) is 0.462. The first-order valence-corrected chi connectivity index (χ1v) is 7.59. The molecule has 0 saturated heterocycles. The van der Waals surface area contributed by atoms with E-state index in [9.17, 15) is 13.2 Å². The fourth-order valence-electron chi connectivity index (χ4n) is 1.42. The lowest BCUT2D eigenvalue weighted by molar-refractivity contribution is -0.119. The third-order valence-electron chi connectivity index (χ3n) is 2.72. The molecule has 0 heterocycles. The van der Waals surface area contributed by atoms with Gasteiger partial charge in [0.2, 0.25) is 5.91 Å². The van der Waals surface area contributed by atoms with Gasteiger partial charge in [0.1, 0.15) is 5.75 Å². The standard InChI is InChI=1S/C13H19NO3S/c1-4-11(3)14-13(15)9-18(16,17)12-7-5-10(2)6-8-12/h5-8,11H,4,9H2,1-3H3,(H,14,15). The summed E-state index contributed by atoms with van der Waals surface area (Å²) in [5.41, 5.74) is 0.984. The molecule has 0 aliphatic carbocycles. The van der Waals surface area contributed by atoms with Crippen LogP contribution in [0.5, 0.6) is 0 Å². The molecule has 1 unspecified atom stereocenters. The quantitative estimate of drug-likeness (QED) is 0.884. The molecule has 0 saturated carbocycles. The highest BCUT2D eigenvalue weighted by Crippen LogP contribution is 2.12. The number of rotatable bonds is 5. The van der Waals surface area contributed by atoms with Crippen LogP contribution in [0.15, 0.2) is 29.2 Å². The molecule has 1 atom stereocenters. The third kappa shape index (κ3) is 4.14. The summed E-state index contributed by atoms with van der Waals surface area (Å²) in [7, 11) is -3.54. The maximum atomic E-state index is 12.0. The zero-order chi connectivity index (χ0) is 13.8. The molecule has 0 fully saturated rings. The minimum atomic E-state index is -3.54. The molecule has 0 radical (unpaired) electrons. The average molecular weight is 269 g/mol. The van der Waals surface area contributed by atoms with Gasteiger partial charge in [-0.2, -0.15) is 0 Å². The number of nitrogens with one attached hydrogen (secondary N) is 1. The number of hydrogen-bond acceptors (Lipinski definition) is 3. The highest BCUT2D eigenvalue weighted by atomic mass is 32.2. The Kier molecular flexibility index (Phi) is 4.90. The van der Waals surface area contributed by atoms with Gasteiger partial charge in [0.15, 0.2) is 9.84 Å². The molecule has 100 valence electrons. The Morgan fingerprint density at radius 2 is 1.83 bits per heavy atom. The van der Waals surface area contributed by atoms with E-state index < -0.39 is 21.5 Å². The van der Waals surface area contributed by atoms with Crippen LogP contribution in [0.3, 0.4) is 0 Å². The molecule has 1 amide bonds. The summed E-state index contributed by atoms with van der Waals surface area (Å²) in [5.74, 6) is -0.953. The lowest BCUT2D eigenvalue weighted by atomic mass is 10.2. The van der Waals surface area contributed by atoms with Crippen molar-refractivity contribution >= 4 is 15.7 Å². The lowest BCUT2D eigenvalue weighted by Gasteiger charge is -2.11. The van der Waals surface area contributed by atoms with Gasteiger partial charge < -0.3 is 5.32 Å². The zero-order valence-electron chi connectivity index (χ0n) is 10.9. The van der Waals surface area contributed by atoms with E-state index >= 15 is 0 Å². The van der Waals surface area contributed by atoms with E-state index in [0.29, 0.717) is 0 Å². The Morgan fingerprint density at radius 3 is 2.33 bits per heavy atom. The normalized spacial score (nSPS) is 13.1. The number of benzene rings is 1. The summed E-state index contributed by atoms with van der Waals surface area (Å²) >= 11 is 0. The molecule has 1 rings (SSSR count). The lowest BCUT2D eigenvalue weighted by Crippen LogP contribution is -2.36. The molecule has 5 heteroatoms. The van der Waals surface area contributed by atoms with E-state index in [4.69, 9.17) is 0 Å². The second-order valence-corrected chi connectivity index (χ2v) is 6.44. The average Bonchev–Trinajstić information content (AvgIpc) is 2.28. The van der Waals surface area contributed by atoms with Crippen molar-refractivity contribution in [2.45, 2.75) is 38.1 Å². The van der Waals surface area contributed by atoms with E-state index in [0.717, 1.165) is 12.0 Å². The van der Waals surface area contributed by atoms with Crippen molar-refractivity contribution < 1.29 is 13.2 Å². The van der Waals surface area contributed by atoms with Crippen LogP contribution in [0.25, 0.3) is 0 Å². The first-order valence-electron chi connectivity index (χ1n) is 5.94. The Bertz CT molecular complexity index is 506. The maximum absolute atomic E-state index is 12.0. The van der Waals surface area contributed by atoms with Crippen molar-refractivity contribution in [3.63, 3.8) is 0 Å². The summed E-state index contributed by atoms with van der Waals surface area (Å²) in [4.78, 5) is 11.8. The topological polar surface area (TPSA) is 63.2 Å². The van der Waals surface area contributed by atoms with Crippen LogP contribution in [0.2, 0.25) is 0 Å². The van der Waals surface area contributed by atoms with Gasteiger partial charge in [0, 0.05) is 6.04 Å². The minimum Gasteiger partial charge on any atom is -0.353 e. The number of carbonyl (C=O) groups is 1. The molecular formula is C13H19NO3S. The summed E-state index contributed by atoms with van der Waals surface area (Å²) in [6, 6.07) is 6.49. The molecule has 1 N–H and O–H groups in total. The highest BCUT2D eigenvalue weighted by Gasteiger charge is 2.19. The number of hydrogen-bond donors (Lipinski definition) is 1. The van der Waals surface area contributed by atoms with Crippen LogP contribution in [0.4, 0.5) is 0 Å². The summed E-state index contributed by atoms with van der Waals surface area (Å²) < 4.78 is 23.9. The largest absolute Gasteiger partial charge is 0.353 e. The van der Waals surface area contributed by atoms with Gasteiger partial charge in [-0.15, -0.1) is 0 Å². The molecular weight excluding hydrogens is 250 g/mol. The third-order valence-corrected chi connectivity index (χ3v) is 4.35. The smallest absolute Gasteiger partial charge is 0.235 e. The molecule has 0 aliphatic heterocycles. The molecule has 4 nitrogen and oxygen atoms in total. The van der Waals surface area contributed by atoms with Crippen LogP contribution >= 0.6 is 0 Å². The molecule has 0 bridgehead atoms. The van der Waals surface area contributed by atoms with Crippen molar-refractivity contribution in [2.75, 3.05) is 5.75 Å². The van der Waals surface area contributed by atoms with Crippen molar-refractivity contribution in [3.8, 4) is 0 Å². The Labute approximate surface area is 108 Å². The van der Waals surface area contributed by atoms with Gasteiger partial charge in [-0.25, -0.2) is 8.42 Å². The molecule has 1 aromatic rings. The van der Waals surface area contributed by atoms with Crippen molar-refractivity contribution in [2.24, 2.45) is 0 Å². The monoisotopic (exact) mass is 269 g/mol. The van der Waals surface area contributed by atoms with Crippen molar-refractivity contribution in [1.82, 2.24) is 5.32 Å². The number of aryl methyl sites for hydroxylation is 1. The molecule has 0 aliphatic rings. The van der Waals surface area contributed by atoms with Crippen molar-refractivity contribution in [1.29, 1.82) is 0 Å². The Morgan fingerprint density at radius 1 is 1.28 bits per heavy atom. The van der Waals surface area contributed by atoms with E-state index in [2.05, 4.69) is 5.32 Å². The van der Waals surface area contributed by atoms with Gasteiger partial charge in [-0.3, -0.25) is 4.79 Å². The molecule has 1 aromatic carbocycles. The van der Waals surface area contributed by atoms with Crippen LogP contribution in [0, 0.1) is 6.92 Å². The first-order chi connectivity index (χ1) is 8.35. The van der Waals surface area contributed by atoms with Crippen LogP contribution in [-0.4, -0.2) is 26.1 Å². The van der Waals surface area contributed by atoms with E-state index in [-0.39, 0.29) is 10.9 Å². The van der Waals surface area contributed by atoms with Gasteiger partial charge in [0.25, 0.3) is 0 Å². The second-order valence-electron chi connectivity index (χ2n) is 4.45. The zero-order valence-corrected chi connectivity index (χ0v) is 11.8. The maximum Gasteiger partial charge on any atom is 0.235 e. The van der Waals surface area contributed by atoms with Gasteiger partial charge in [-0.1, -0.05) is 24.6 Å². The second kappa shape index (κ2) is 6.00. The Hall–Kier alpha value is -1.36. The van der Waals surface area contributed by atoms with Crippen LogP contribution in [-0.2, 0) is 14.6 Å².